The Balaban J connectivity index is 2.17. The molecule has 34 heavy (non-hydrogen) atoms. The Morgan fingerprint density at radius 1 is 0.676 bits per heavy atom. The standard InChI is InChI=1S/C29H32O4S/c1-28(2,3)20-10-12-22-18(16-20)8-14-24(33-7)26(22)27-23-13-11-21(29(4,5)6)17-19(23)9-15-25(27)34(30,31)32/h8-17H,1-7H3,(H,30,31,32). The molecule has 0 saturated carbocycles. The van der Waals surface area contributed by atoms with Crippen LogP contribution < -0.4 is 4.74 Å². The molecule has 0 bridgehead atoms. The third-order valence-electron chi connectivity index (χ3n) is 6.44. The molecule has 0 aromatic heterocycles. The lowest BCUT2D eigenvalue weighted by Crippen LogP contribution is -2.11. The van der Waals surface area contributed by atoms with E-state index in [0.29, 0.717) is 16.9 Å². The highest BCUT2D eigenvalue weighted by molar-refractivity contribution is 7.86. The summed E-state index contributed by atoms with van der Waals surface area (Å²) < 4.78 is 41.0. The number of methoxy groups -OCH3 is 1. The minimum absolute atomic E-state index is 0.0311. The van der Waals surface area contributed by atoms with Crippen LogP contribution in [-0.4, -0.2) is 20.1 Å². The Kier molecular flexibility index (Phi) is 5.78. The normalized spacial score (nSPS) is 12.9. The lowest BCUT2D eigenvalue weighted by Gasteiger charge is -2.22. The van der Waals surface area contributed by atoms with Gasteiger partial charge in [0.2, 0.25) is 0 Å². The minimum Gasteiger partial charge on any atom is -0.496 e. The van der Waals surface area contributed by atoms with Gasteiger partial charge in [-0.1, -0.05) is 90.1 Å². The van der Waals surface area contributed by atoms with Crippen molar-refractivity contribution in [3.05, 3.63) is 71.8 Å². The first kappa shape index (κ1) is 24.2. The first-order valence-corrected chi connectivity index (χ1v) is 12.8. The van der Waals surface area contributed by atoms with Crippen LogP contribution >= 0.6 is 0 Å². The summed E-state index contributed by atoms with van der Waals surface area (Å²) in [5, 5.41) is 3.49. The molecular weight excluding hydrogens is 444 g/mol. The molecule has 178 valence electrons. The van der Waals surface area contributed by atoms with Gasteiger partial charge < -0.3 is 4.74 Å². The number of rotatable bonds is 3. The maximum Gasteiger partial charge on any atom is 0.295 e. The van der Waals surface area contributed by atoms with Gasteiger partial charge in [0.15, 0.2) is 0 Å². The number of hydrogen-bond acceptors (Lipinski definition) is 3. The molecule has 4 aromatic rings. The summed E-state index contributed by atoms with van der Waals surface area (Å²) in [6.45, 7) is 12.9. The van der Waals surface area contributed by atoms with Crippen LogP contribution in [-0.2, 0) is 20.9 Å². The van der Waals surface area contributed by atoms with Crippen LogP contribution in [0.4, 0.5) is 0 Å². The first-order valence-electron chi connectivity index (χ1n) is 11.4. The average molecular weight is 477 g/mol. The molecule has 0 aliphatic rings. The molecule has 5 heteroatoms. The Bertz CT molecular complexity index is 1520. The third kappa shape index (κ3) is 4.30. The summed E-state index contributed by atoms with van der Waals surface area (Å²) in [6.07, 6.45) is 0. The van der Waals surface area contributed by atoms with E-state index in [1.807, 2.05) is 30.3 Å². The van der Waals surface area contributed by atoms with Gasteiger partial charge in [0.25, 0.3) is 10.1 Å². The predicted molar refractivity (Wildman–Crippen MR) is 141 cm³/mol. The molecule has 1 N–H and O–H groups in total. The molecule has 0 fully saturated rings. The van der Waals surface area contributed by atoms with Crippen molar-refractivity contribution in [1.82, 2.24) is 0 Å². The van der Waals surface area contributed by atoms with E-state index >= 15 is 0 Å². The number of ether oxygens (including phenoxy) is 1. The highest BCUT2D eigenvalue weighted by Gasteiger charge is 2.25. The molecule has 0 atom stereocenters. The predicted octanol–water partition coefficient (Wildman–Crippen LogP) is 7.51. The van der Waals surface area contributed by atoms with E-state index in [1.165, 1.54) is 11.6 Å². The van der Waals surface area contributed by atoms with Crippen LogP contribution in [0.3, 0.4) is 0 Å². The van der Waals surface area contributed by atoms with E-state index in [9.17, 15) is 13.0 Å². The summed E-state index contributed by atoms with van der Waals surface area (Å²) >= 11 is 0. The van der Waals surface area contributed by atoms with Crippen molar-refractivity contribution < 1.29 is 17.7 Å². The molecular formula is C29H32O4S. The zero-order valence-electron chi connectivity index (χ0n) is 20.9. The average Bonchev–Trinajstić information content (AvgIpc) is 2.74. The molecule has 0 heterocycles. The highest BCUT2D eigenvalue weighted by atomic mass is 32.2. The van der Waals surface area contributed by atoms with Crippen LogP contribution in [0.2, 0.25) is 0 Å². The molecule has 0 saturated heterocycles. The molecule has 4 nitrogen and oxygen atoms in total. The van der Waals surface area contributed by atoms with E-state index in [4.69, 9.17) is 4.74 Å². The SMILES string of the molecule is COc1ccc2cc(C(C)(C)C)ccc2c1-c1c(S(=O)(=O)O)ccc2cc(C(C)(C)C)ccc12. The van der Waals surface area contributed by atoms with Crippen LogP contribution in [0.5, 0.6) is 5.75 Å². The van der Waals surface area contributed by atoms with Crippen LogP contribution in [0, 0.1) is 0 Å². The fraction of sp³-hybridized carbons (Fsp3) is 0.310. The van der Waals surface area contributed by atoms with Gasteiger partial charge in [0.05, 0.1) is 7.11 Å². The second-order valence-corrected chi connectivity index (χ2v) is 12.3. The van der Waals surface area contributed by atoms with Crippen molar-refractivity contribution in [2.24, 2.45) is 0 Å². The van der Waals surface area contributed by atoms with Crippen molar-refractivity contribution >= 4 is 31.7 Å². The lowest BCUT2D eigenvalue weighted by atomic mass is 9.83. The van der Waals surface area contributed by atoms with Crippen molar-refractivity contribution in [2.45, 2.75) is 57.3 Å². The fourth-order valence-electron chi connectivity index (χ4n) is 4.45. The Labute approximate surface area is 202 Å². The quantitative estimate of drug-likeness (QED) is 0.311. The number of fused-ring (bicyclic) bond motifs is 2. The van der Waals surface area contributed by atoms with E-state index in [2.05, 4.69) is 59.7 Å². The maximum absolute atomic E-state index is 12.5. The van der Waals surface area contributed by atoms with Crippen molar-refractivity contribution in [1.29, 1.82) is 0 Å². The molecule has 0 spiro atoms. The summed E-state index contributed by atoms with van der Waals surface area (Å²) in [4.78, 5) is -0.130. The second kappa shape index (κ2) is 8.10. The smallest absolute Gasteiger partial charge is 0.295 e. The number of benzene rings is 4. The van der Waals surface area contributed by atoms with Gasteiger partial charge in [-0.2, -0.15) is 8.42 Å². The van der Waals surface area contributed by atoms with Gasteiger partial charge >= 0.3 is 0 Å². The van der Waals surface area contributed by atoms with Gasteiger partial charge in [-0.05, 0) is 55.6 Å². The van der Waals surface area contributed by atoms with Gasteiger partial charge in [0, 0.05) is 11.1 Å². The zero-order valence-corrected chi connectivity index (χ0v) is 21.7. The van der Waals surface area contributed by atoms with Gasteiger partial charge in [-0.15, -0.1) is 0 Å². The monoisotopic (exact) mass is 476 g/mol. The van der Waals surface area contributed by atoms with Crippen LogP contribution in [0.1, 0.15) is 52.7 Å². The molecule has 0 aliphatic carbocycles. The summed E-state index contributed by atoms with van der Waals surface area (Å²) in [7, 11) is -2.92. The zero-order chi connectivity index (χ0) is 25.1. The third-order valence-corrected chi connectivity index (χ3v) is 7.34. The Morgan fingerprint density at radius 2 is 1.15 bits per heavy atom. The summed E-state index contributed by atoms with van der Waals surface area (Å²) in [6, 6.07) is 19.4. The van der Waals surface area contributed by atoms with Gasteiger partial charge in [-0.3, -0.25) is 4.55 Å². The minimum atomic E-state index is -4.49. The Morgan fingerprint density at radius 3 is 1.59 bits per heavy atom. The fourth-order valence-corrected chi connectivity index (χ4v) is 5.16. The lowest BCUT2D eigenvalue weighted by molar-refractivity contribution is 0.417. The molecule has 4 aromatic carbocycles. The second-order valence-electron chi connectivity index (χ2n) is 10.9. The highest BCUT2D eigenvalue weighted by Crippen LogP contribution is 2.45. The maximum atomic E-state index is 12.5. The Hall–Kier alpha value is -2.89. The van der Waals surface area contributed by atoms with Crippen molar-refractivity contribution in [2.75, 3.05) is 7.11 Å². The van der Waals surface area contributed by atoms with E-state index in [1.54, 1.807) is 13.2 Å². The van der Waals surface area contributed by atoms with Gasteiger partial charge in [0.1, 0.15) is 10.6 Å². The number of hydrogen-bond donors (Lipinski definition) is 1. The van der Waals surface area contributed by atoms with Crippen molar-refractivity contribution in [3.8, 4) is 16.9 Å². The molecule has 4 rings (SSSR count). The molecule has 0 aliphatic heterocycles. The van der Waals surface area contributed by atoms with Crippen molar-refractivity contribution in [3.63, 3.8) is 0 Å². The van der Waals surface area contributed by atoms with Crippen LogP contribution in [0.15, 0.2) is 65.6 Å². The van der Waals surface area contributed by atoms with Gasteiger partial charge in [-0.25, -0.2) is 0 Å². The largest absolute Gasteiger partial charge is 0.496 e. The topological polar surface area (TPSA) is 63.6 Å². The molecule has 0 radical (unpaired) electrons. The van der Waals surface area contributed by atoms with E-state index in [0.717, 1.165) is 27.1 Å². The molecule has 0 amide bonds. The summed E-state index contributed by atoms with van der Waals surface area (Å²) in [5.74, 6) is 0.549. The first-order chi connectivity index (χ1) is 15.7. The molecule has 0 unspecified atom stereocenters. The van der Waals surface area contributed by atoms with Crippen LogP contribution in [0.25, 0.3) is 32.7 Å². The van der Waals surface area contributed by atoms with E-state index < -0.39 is 10.1 Å². The van der Waals surface area contributed by atoms with E-state index in [-0.39, 0.29) is 15.7 Å². The summed E-state index contributed by atoms with van der Waals surface area (Å²) in [5.41, 5.74) is 3.34.